The number of hydrogen-bond donors (Lipinski definition) is 0. The minimum atomic E-state index is -1.40. The van der Waals surface area contributed by atoms with E-state index in [-0.39, 0.29) is 16.9 Å². The van der Waals surface area contributed by atoms with Crippen LogP contribution < -0.4 is 5.11 Å². The molecular weight excluding hydrogens is 259 g/mol. The Labute approximate surface area is 115 Å². The zero-order valence-electron chi connectivity index (χ0n) is 10.4. The van der Waals surface area contributed by atoms with Crippen molar-refractivity contribution < 1.29 is 19.1 Å². The van der Waals surface area contributed by atoms with Crippen LogP contribution in [0.1, 0.15) is 26.3 Å². The molecule has 100 valence electrons. The van der Waals surface area contributed by atoms with E-state index >= 15 is 0 Å². The average molecular weight is 269 g/mol. The lowest BCUT2D eigenvalue weighted by Gasteiger charge is -2.06. The maximum Gasteiger partial charge on any atom is 0.186 e. The molecule has 2 aromatic rings. The minimum absolute atomic E-state index is 0.0610. The summed E-state index contributed by atoms with van der Waals surface area (Å²) in [5.74, 6) is -2.21. The van der Waals surface area contributed by atoms with Gasteiger partial charge in [0, 0.05) is 11.1 Å². The molecule has 2 rings (SSSR count). The van der Waals surface area contributed by atoms with Crippen molar-refractivity contribution in [1.82, 2.24) is 0 Å². The highest BCUT2D eigenvalue weighted by atomic mass is 19.1. The largest absolute Gasteiger partial charge is 0.545 e. The molecule has 0 aliphatic rings. The van der Waals surface area contributed by atoms with Gasteiger partial charge in [0.05, 0.1) is 5.97 Å². The molecule has 0 N–H and O–H groups in total. The van der Waals surface area contributed by atoms with E-state index in [1.165, 1.54) is 54.6 Å². The normalized spacial score (nSPS) is 10.7. The van der Waals surface area contributed by atoms with Gasteiger partial charge in [0.15, 0.2) is 5.78 Å². The van der Waals surface area contributed by atoms with Crippen LogP contribution in [0.25, 0.3) is 6.08 Å². The van der Waals surface area contributed by atoms with Crippen LogP contribution in [-0.4, -0.2) is 11.8 Å². The van der Waals surface area contributed by atoms with Gasteiger partial charge < -0.3 is 9.90 Å². The SMILES string of the molecule is O=C([O-])c1ccccc1C(=O)/C=C/c1ccc(F)cc1. The summed E-state index contributed by atoms with van der Waals surface area (Å²) in [5, 5.41) is 10.9. The lowest BCUT2D eigenvalue weighted by atomic mass is 10.0. The zero-order valence-corrected chi connectivity index (χ0v) is 10.4. The molecule has 0 spiro atoms. The first-order valence-electron chi connectivity index (χ1n) is 5.86. The standard InChI is InChI=1S/C16H11FO3/c17-12-8-5-11(6-9-12)7-10-15(18)13-3-1-2-4-14(13)16(19)20/h1-10H,(H,19,20)/p-1/b10-7+. The molecule has 0 aromatic heterocycles. The second-order valence-electron chi connectivity index (χ2n) is 4.08. The van der Waals surface area contributed by atoms with Gasteiger partial charge in [-0.05, 0) is 23.8 Å². The Hall–Kier alpha value is -2.75. The Bertz CT molecular complexity index is 672. The van der Waals surface area contributed by atoms with Gasteiger partial charge in [0.2, 0.25) is 0 Å². The van der Waals surface area contributed by atoms with E-state index in [9.17, 15) is 19.1 Å². The zero-order chi connectivity index (χ0) is 14.5. The quantitative estimate of drug-likeness (QED) is 0.630. The third-order valence-electron chi connectivity index (χ3n) is 2.71. The summed E-state index contributed by atoms with van der Waals surface area (Å²) in [7, 11) is 0. The highest BCUT2D eigenvalue weighted by Gasteiger charge is 2.08. The fourth-order valence-electron chi connectivity index (χ4n) is 1.71. The van der Waals surface area contributed by atoms with Gasteiger partial charge in [0.25, 0.3) is 0 Å². The number of halogens is 1. The van der Waals surface area contributed by atoms with E-state index in [0.717, 1.165) is 0 Å². The maximum absolute atomic E-state index is 12.7. The van der Waals surface area contributed by atoms with Crippen molar-refractivity contribution in [1.29, 1.82) is 0 Å². The number of carbonyl (C=O) groups excluding carboxylic acids is 2. The van der Waals surface area contributed by atoms with Crippen LogP contribution in [0.5, 0.6) is 0 Å². The van der Waals surface area contributed by atoms with E-state index < -0.39 is 11.8 Å². The van der Waals surface area contributed by atoms with E-state index in [0.29, 0.717) is 5.56 Å². The molecule has 0 aliphatic heterocycles. The van der Waals surface area contributed by atoms with Crippen molar-refractivity contribution in [3.05, 3.63) is 77.1 Å². The van der Waals surface area contributed by atoms with Crippen molar-refractivity contribution in [3.8, 4) is 0 Å². The first-order chi connectivity index (χ1) is 9.58. The first-order valence-corrected chi connectivity index (χ1v) is 5.86. The molecule has 2 aromatic carbocycles. The summed E-state index contributed by atoms with van der Waals surface area (Å²) < 4.78 is 12.7. The molecule has 0 bridgehead atoms. The predicted octanol–water partition coefficient (Wildman–Crippen LogP) is 2.09. The number of hydrogen-bond acceptors (Lipinski definition) is 3. The number of aromatic carboxylic acids is 1. The third kappa shape index (κ3) is 3.17. The van der Waals surface area contributed by atoms with E-state index in [1.54, 1.807) is 6.07 Å². The van der Waals surface area contributed by atoms with Crippen LogP contribution in [-0.2, 0) is 0 Å². The van der Waals surface area contributed by atoms with Gasteiger partial charge in [-0.3, -0.25) is 4.79 Å². The number of carboxylic acid groups (broad SMARTS) is 1. The molecule has 0 heterocycles. The summed E-state index contributed by atoms with van der Waals surface area (Å²) in [6.45, 7) is 0. The number of ketones is 1. The average Bonchev–Trinajstić information content (AvgIpc) is 2.46. The molecule has 0 unspecified atom stereocenters. The summed E-state index contributed by atoms with van der Waals surface area (Å²) in [5.41, 5.74) is 0.554. The number of benzene rings is 2. The Morgan fingerprint density at radius 2 is 1.55 bits per heavy atom. The predicted molar refractivity (Wildman–Crippen MR) is 70.5 cm³/mol. The highest BCUT2D eigenvalue weighted by molar-refractivity contribution is 6.12. The first kappa shape index (κ1) is 13.7. The van der Waals surface area contributed by atoms with Gasteiger partial charge >= 0.3 is 0 Å². The van der Waals surface area contributed by atoms with Crippen molar-refractivity contribution in [2.45, 2.75) is 0 Å². The van der Waals surface area contributed by atoms with Crippen molar-refractivity contribution in [2.75, 3.05) is 0 Å². The minimum Gasteiger partial charge on any atom is -0.545 e. The maximum atomic E-state index is 12.7. The number of rotatable bonds is 4. The second-order valence-corrected chi connectivity index (χ2v) is 4.08. The number of carbonyl (C=O) groups is 2. The Balaban J connectivity index is 2.24. The summed E-state index contributed by atoms with van der Waals surface area (Å²) >= 11 is 0. The van der Waals surface area contributed by atoms with Crippen molar-refractivity contribution in [2.24, 2.45) is 0 Å². The summed E-state index contributed by atoms with van der Waals surface area (Å²) in [6.07, 6.45) is 2.74. The third-order valence-corrected chi connectivity index (χ3v) is 2.71. The summed E-state index contributed by atoms with van der Waals surface area (Å²) in [4.78, 5) is 22.9. The van der Waals surface area contributed by atoms with Crippen LogP contribution in [0, 0.1) is 5.82 Å². The Morgan fingerprint density at radius 3 is 2.15 bits per heavy atom. The van der Waals surface area contributed by atoms with Crippen molar-refractivity contribution >= 4 is 17.8 Å². The van der Waals surface area contributed by atoms with E-state index in [2.05, 4.69) is 0 Å². The van der Waals surface area contributed by atoms with Gasteiger partial charge in [-0.15, -0.1) is 0 Å². The van der Waals surface area contributed by atoms with Crippen LogP contribution >= 0.6 is 0 Å². The van der Waals surface area contributed by atoms with Gasteiger partial charge in [-0.25, -0.2) is 4.39 Å². The van der Waals surface area contributed by atoms with Crippen LogP contribution in [0.15, 0.2) is 54.6 Å². The smallest absolute Gasteiger partial charge is 0.186 e. The van der Waals surface area contributed by atoms with E-state index in [4.69, 9.17) is 0 Å². The Kier molecular flexibility index (Phi) is 4.05. The number of carboxylic acids is 1. The molecule has 0 saturated heterocycles. The molecule has 0 radical (unpaired) electrons. The Morgan fingerprint density at radius 1 is 0.950 bits per heavy atom. The molecule has 3 nitrogen and oxygen atoms in total. The molecule has 4 heteroatoms. The topological polar surface area (TPSA) is 57.2 Å². The molecule has 0 saturated carbocycles. The van der Waals surface area contributed by atoms with Gasteiger partial charge in [-0.1, -0.05) is 42.5 Å². The molecule has 0 aliphatic carbocycles. The number of allylic oxidation sites excluding steroid dienone is 1. The highest BCUT2D eigenvalue weighted by Crippen LogP contribution is 2.11. The van der Waals surface area contributed by atoms with Crippen LogP contribution in [0.2, 0.25) is 0 Å². The van der Waals surface area contributed by atoms with Gasteiger partial charge in [0.1, 0.15) is 5.82 Å². The molecule has 0 fully saturated rings. The lowest BCUT2D eigenvalue weighted by Crippen LogP contribution is -2.24. The molecule has 0 amide bonds. The lowest BCUT2D eigenvalue weighted by molar-refractivity contribution is -0.255. The molecular formula is C16H10FO3-. The van der Waals surface area contributed by atoms with Crippen LogP contribution in [0.3, 0.4) is 0 Å². The molecule has 0 atom stereocenters. The van der Waals surface area contributed by atoms with Crippen LogP contribution in [0.4, 0.5) is 4.39 Å². The fraction of sp³-hybridized carbons (Fsp3) is 0. The summed E-state index contributed by atoms with van der Waals surface area (Å²) in [6, 6.07) is 11.4. The van der Waals surface area contributed by atoms with E-state index in [1.807, 2.05) is 0 Å². The monoisotopic (exact) mass is 269 g/mol. The van der Waals surface area contributed by atoms with Gasteiger partial charge in [-0.2, -0.15) is 0 Å². The molecule has 20 heavy (non-hydrogen) atoms. The fourth-order valence-corrected chi connectivity index (χ4v) is 1.71. The second kappa shape index (κ2) is 5.93. The van der Waals surface area contributed by atoms with Crippen molar-refractivity contribution in [3.63, 3.8) is 0 Å².